The van der Waals surface area contributed by atoms with Gasteiger partial charge in [-0.1, -0.05) is 30.3 Å². The van der Waals surface area contributed by atoms with Gasteiger partial charge in [-0.15, -0.1) is 11.6 Å². The second-order valence-corrected chi connectivity index (χ2v) is 6.29. The number of benzene rings is 1. The molecule has 0 saturated carbocycles. The molecule has 1 N–H and O–H groups in total. The summed E-state index contributed by atoms with van der Waals surface area (Å²) in [6.07, 6.45) is 0. The molecule has 1 fully saturated rings. The van der Waals surface area contributed by atoms with Crippen LogP contribution in [0.3, 0.4) is 0 Å². The van der Waals surface area contributed by atoms with E-state index in [4.69, 9.17) is 16.0 Å². The van der Waals surface area contributed by atoms with Crippen LogP contribution in [-0.4, -0.2) is 41.1 Å². The third-order valence-corrected chi connectivity index (χ3v) is 4.52. The normalized spacial score (nSPS) is 16.4. The van der Waals surface area contributed by atoms with Crippen molar-refractivity contribution in [2.24, 2.45) is 0 Å². The van der Waals surface area contributed by atoms with Crippen molar-refractivity contribution in [3.05, 3.63) is 63.7 Å². The predicted molar refractivity (Wildman–Crippen MR) is 93.2 cm³/mol. The highest BCUT2D eigenvalue weighted by molar-refractivity contribution is 6.16. The van der Waals surface area contributed by atoms with Gasteiger partial charge in [0.2, 0.25) is 11.2 Å². The summed E-state index contributed by atoms with van der Waals surface area (Å²) in [5.41, 5.74) is 0.874. The Balaban J connectivity index is 1.58. The van der Waals surface area contributed by atoms with E-state index in [1.165, 1.54) is 11.6 Å². The van der Waals surface area contributed by atoms with Crippen LogP contribution < -0.4 is 5.43 Å². The summed E-state index contributed by atoms with van der Waals surface area (Å²) in [5, 5.41) is 9.91. The fourth-order valence-corrected chi connectivity index (χ4v) is 3.04. The number of halogens is 1. The SMILES string of the molecule is O=c1cc(CCl)oc(CN2CCN(Cc3ccccc3)CC2)c1O. The largest absolute Gasteiger partial charge is 0.502 e. The number of aromatic hydroxyl groups is 1. The summed E-state index contributed by atoms with van der Waals surface area (Å²) >= 11 is 5.73. The van der Waals surface area contributed by atoms with E-state index in [2.05, 4.69) is 34.1 Å². The molecular formula is C18H21ClN2O3. The minimum absolute atomic E-state index is 0.118. The molecule has 0 aliphatic carbocycles. The maximum atomic E-state index is 11.7. The van der Waals surface area contributed by atoms with Crippen LogP contribution in [0.25, 0.3) is 0 Å². The van der Waals surface area contributed by atoms with Crippen LogP contribution >= 0.6 is 11.6 Å². The highest BCUT2D eigenvalue weighted by atomic mass is 35.5. The van der Waals surface area contributed by atoms with E-state index in [1.807, 2.05) is 6.07 Å². The fraction of sp³-hybridized carbons (Fsp3) is 0.389. The van der Waals surface area contributed by atoms with Gasteiger partial charge in [-0.25, -0.2) is 0 Å². The van der Waals surface area contributed by atoms with E-state index in [1.54, 1.807) is 0 Å². The lowest BCUT2D eigenvalue weighted by molar-refractivity contribution is 0.113. The molecule has 1 saturated heterocycles. The number of nitrogens with zero attached hydrogens (tertiary/aromatic N) is 2. The van der Waals surface area contributed by atoms with Crippen LogP contribution in [0.15, 0.2) is 45.6 Å². The molecule has 0 radical (unpaired) electrons. The van der Waals surface area contributed by atoms with E-state index in [0.29, 0.717) is 18.1 Å². The highest BCUT2D eigenvalue weighted by Crippen LogP contribution is 2.18. The zero-order valence-corrected chi connectivity index (χ0v) is 14.2. The minimum atomic E-state index is -0.436. The Bertz CT molecular complexity index is 725. The van der Waals surface area contributed by atoms with Crippen molar-refractivity contribution >= 4 is 11.6 Å². The molecule has 128 valence electrons. The zero-order chi connectivity index (χ0) is 16.9. The average Bonchev–Trinajstić information content (AvgIpc) is 2.61. The standard InChI is InChI=1S/C18H21ClN2O3/c19-11-15-10-16(22)18(23)17(24-15)13-21-8-6-20(7-9-21)12-14-4-2-1-3-5-14/h1-5,10,23H,6-9,11-13H2. The summed E-state index contributed by atoms with van der Waals surface area (Å²) in [4.78, 5) is 16.3. The van der Waals surface area contributed by atoms with Crippen molar-refractivity contribution in [2.75, 3.05) is 26.2 Å². The molecule has 2 aromatic rings. The van der Waals surface area contributed by atoms with E-state index < -0.39 is 5.43 Å². The minimum Gasteiger partial charge on any atom is -0.502 e. The number of rotatable bonds is 5. The summed E-state index contributed by atoms with van der Waals surface area (Å²) in [7, 11) is 0. The Morgan fingerprint density at radius 2 is 1.67 bits per heavy atom. The smallest absolute Gasteiger partial charge is 0.227 e. The van der Waals surface area contributed by atoms with Crippen molar-refractivity contribution < 1.29 is 9.52 Å². The second-order valence-electron chi connectivity index (χ2n) is 6.02. The van der Waals surface area contributed by atoms with Gasteiger partial charge >= 0.3 is 0 Å². The second kappa shape index (κ2) is 7.83. The molecule has 0 bridgehead atoms. The van der Waals surface area contributed by atoms with Gasteiger partial charge in [-0.2, -0.15) is 0 Å². The van der Waals surface area contributed by atoms with Crippen molar-refractivity contribution in [2.45, 2.75) is 19.0 Å². The molecule has 2 heterocycles. The van der Waals surface area contributed by atoms with Crippen molar-refractivity contribution in [3.8, 4) is 5.75 Å². The Morgan fingerprint density at radius 3 is 2.29 bits per heavy atom. The zero-order valence-electron chi connectivity index (χ0n) is 13.4. The molecule has 1 aromatic heterocycles. The molecule has 1 aliphatic rings. The maximum absolute atomic E-state index is 11.7. The number of hydrogen-bond acceptors (Lipinski definition) is 5. The van der Waals surface area contributed by atoms with Gasteiger partial charge < -0.3 is 9.52 Å². The van der Waals surface area contributed by atoms with Gasteiger partial charge in [0.25, 0.3) is 0 Å². The molecule has 1 aliphatic heterocycles. The van der Waals surface area contributed by atoms with Crippen LogP contribution in [0.2, 0.25) is 0 Å². The van der Waals surface area contributed by atoms with E-state index in [-0.39, 0.29) is 11.6 Å². The van der Waals surface area contributed by atoms with Crippen molar-refractivity contribution in [1.29, 1.82) is 0 Å². The molecule has 1 aromatic carbocycles. The topological polar surface area (TPSA) is 56.9 Å². The lowest BCUT2D eigenvalue weighted by Gasteiger charge is -2.34. The first-order valence-corrected chi connectivity index (χ1v) is 8.58. The predicted octanol–water partition coefficient (Wildman–Crippen LogP) is 2.40. The lowest BCUT2D eigenvalue weighted by atomic mass is 10.2. The highest BCUT2D eigenvalue weighted by Gasteiger charge is 2.20. The number of alkyl halides is 1. The number of hydrogen-bond donors (Lipinski definition) is 1. The summed E-state index contributed by atoms with van der Waals surface area (Å²) in [6, 6.07) is 11.6. The first-order chi connectivity index (χ1) is 11.7. The Hall–Kier alpha value is -1.82. The van der Waals surface area contributed by atoms with Crippen molar-refractivity contribution in [1.82, 2.24) is 9.80 Å². The first kappa shape index (κ1) is 17.0. The monoisotopic (exact) mass is 348 g/mol. The van der Waals surface area contributed by atoms with Crippen molar-refractivity contribution in [3.63, 3.8) is 0 Å². The van der Waals surface area contributed by atoms with Gasteiger partial charge in [0, 0.05) is 38.8 Å². The van der Waals surface area contributed by atoms with Crippen LogP contribution in [0.5, 0.6) is 5.75 Å². The van der Waals surface area contributed by atoms with Crippen LogP contribution in [0, 0.1) is 0 Å². The number of piperazine rings is 1. The third kappa shape index (κ3) is 4.17. The molecule has 0 atom stereocenters. The molecular weight excluding hydrogens is 328 g/mol. The van der Waals surface area contributed by atoms with Gasteiger partial charge in [0.05, 0.1) is 12.4 Å². The van der Waals surface area contributed by atoms with E-state index >= 15 is 0 Å². The summed E-state index contributed by atoms with van der Waals surface area (Å²) < 4.78 is 5.53. The van der Waals surface area contributed by atoms with Gasteiger partial charge in [-0.3, -0.25) is 14.6 Å². The van der Waals surface area contributed by atoms with Crippen LogP contribution in [0.4, 0.5) is 0 Å². The fourth-order valence-electron chi connectivity index (χ4n) is 2.91. The lowest BCUT2D eigenvalue weighted by Crippen LogP contribution is -2.45. The van der Waals surface area contributed by atoms with Gasteiger partial charge in [-0.05, 0) is 5.56 Å². The molecule has 0 unspecified atom stereocenters. The van der Waals surface area contributed by atoms with Gasteiger partial charge in [0.1, 0.15) is 5.76 Å². The third-order valence-electron chi connectivity index (χ3n) is 4.26. The quantitative estimate of drug-likeness (QED) is 0.841. The summed E-state index contributed by atoms with van der Waals surface area (Å²) in [6.45, 7) is 4.97. The molecule has 5 nitrogen and oxygen atoms in total. The molecule has 6 heteroatoms. The van der Waals surface area contributed by atoms with Gasteiger partial charge in [0.15, 0.2) is 5.76 Å². The maximum Gasteiger partial charge on any atom is 0.227 e. The average molecular weight is 349 g/mol. The Morgan fingerprint density at radius 1 is 1.04 bits per heavy atom. The van der Waals surface area contributed by atoms with Crippen LogP contribution in [0.1, 0.15) is 17.1 Å². The molecule has 3 rings (SSSR count). The molecule has 0 spiro atoms. The van der Waals surface area contributed by atoms with E-state index in [9.17, 15) is 9.90 Å². The molecule has 0 amide bonds. The van der Waals surface area contributed by atoms with E-state index in [0.717, 1.165) is 32.7 Å². The van der Waals surface area contributed by atoms with Crippen LogP contribution in [-0.2, 0) is 19.0 Å². The molecule has 24 heavy (non-hydrogen) atoms. The Labute approximate surface area is 146 Å². The summed E-state index contributed by atoms with van der Waals surface area (Å²) in [5.74, 6) is 0.496. The first-order valence-electron chi connectivity index (χ1n) is 8.05. The Kier molecular flexibility index (Phi) is 5.56.